The third-order valence-electron chi connectivity index (χ3n) is 5.49. The van der Waals surface area contributed by atoms with Gasteiger partial charge in [-0.2, -0.15) is 0 Å². The summed E-state index contributed by atoms with van der Waals surface area (Å²) in [5.74, 6) is 1.35. The van der Waals surface area contributed by atoms with Crippen molar-refractivity contribution in [2.24, 2.45) is 5.92 Å². The van der Waals surface area contributed by atoms with Gasteiger partial charge in [0.2, 0.25) is 0 Å². The molecule has 2 amide bonds. The Morgan fingerprint density at radius 3 is 2.54 bits per heavy atom. The van der Waals surface area contributed by atoms with Gasteiger partial charge < -0.3 is 14.5 Å². The average Bonchev–Trinajstić information content (AvgIpc) is 2.97. The molecule has 4 fully saturated rings. The summed E-state index contributed by atoms with van der Waals surface area (Å²) in [6.07, 6.45) is 2.43. The fraction of sp³-hybridized carbons (Fsp3) is 0.588. The molecule has 0 spiro atoms. The minimum absolute atomic E-state index is 0. The van der Waals surface area contributed by atoms with E-state index in [1.54, 1.807) is 13.2 Å². The van der Waals surface area contributed by atoms with Gasteiger partial charge in [0.05, 0.1) is 12.8 Å². The number of carbonyl (C=O) groups is 1. The van der Waals surface area contributed by atoms with Gasteiger partial charge in [-0.3, -0.25) is 4.90 Å². The number of benzene rings is 1. The van der Waals surface area contributed by atoms with Crippen molar-refractivity contribution < 1.29 is 9.53 Å². The first-order valence-corrected chi connectivity index (χ1v) is 8.69. The SMILES string of the molecule is COc1ccc(Cl)cc1N1CCN(C2CN3CCC2CC3)C1=O.Cl. The van der Waals surface area contributed by atoms with Crippen molar-refractivity contribution in [3.05, 3.63) is 23.2 Å². The molecule has 4 saturated heterocycles. The highest BCUT2D eigenvalue weighted by atomic mass is 35.5. The molecule has 132 valence electrons. The van der Waals surface area contributed by atoms with Crippen molar-refractivity contribution in [1.29, 1.82) is 0 Å². The zero-order chi connectivity index (χ0) is 16.0. The maximum atomic E-state index is 13.0. The Morgan fingerprint density at radius 1 is 1.17 bits per heavy atom. The molecule has 5 rings (SSSR count). The third kappa shape index (κ3) is 2.93. The lowest BCUT2D eigenvalue weighted by atomic mass is 9.83. The number of carbonyl (C=O) groups excluding carboxylic acids is 1. The molecule has 24 heavy (non-hydrogen) atoms. The number of hydrogen-bond acceptors (Lipinski definition) is 3. The van der Waals surface area contributed by atoms with Crippen LogP contribution >= 0.6 is 24.0 Å². The summed E-state index contributed by atoms with van der Waals surface area (Å²) in [4.78, 5) is 19.4. The van der Waals surface area contributed by atoms with Crippen molar-refractivity contribution in [1.82, 2.24) is 9.80 Å². The molecular weight excluding hydrogens is 349 g/mol. The first kappa shape index (κ1) is 17.6. The fourth-order valence-corrected chi connectivity index (χ4v) is 4.41. The zero-order valence-electron chi connectivity index (χ0n) is 13.8. The van der Waals surface area contributed by atoms with Crippen LogP contribution in [0.5, 0.6) is 5.75 Å². The van der Waals surface area contributed by atoms with Crippen molar-refractivity contribution in [2.75, 3.05) is 44.7 Å². The van der Waals surface area contributed by atoms with Gasteiger partial charge in [0, 0.05) is 30.7 Å². The predicted molar refractivity (Wildman–Crippen MR) is 97.7 cm³/mol. The molecule has 0 radical (unpaired) electrons. The largest absolute Gasteiger partial charge is 0.495 e. The van der Waals surface area contributed by atoms with Crippen molar-refractivity contribution in [2.45, 2.75) is 18.9 Å². The van der Waals surface area contributed by atoms with E-state index in [1.807, 2.05) is 17.0 Å². The van der Waals surface area contributed by atoms with E-state index in [1.165, 1.54) is 25.9 Å². The van der Waals surface area contributed by atoms with Gasteiger partial charge in [0.25, 0.3) is 0 Å². The minimum Gasteiger partial charge on any atom is -0.495 e. The average molecular weight is 372 g/mol. The maximum absolute atomic E-state index is 13.0. The topological polar surface area (TPSA) is 36.0 Å². The van der Waals surface area contributed by atoms with Crippen LogP contribution in [0.1, 0.15) is 12.8 Å². The highest BCUT2D eigenvalue weighted by Gasteiger charge is 2.43. The second kappa shape index (κ2) is 6.98. The number of halogens is 2. The van der Waals surface area contributed by atoms with E-state index in [0.29, 0.717) is 29.3 Å². The van der Waals surface area contributed by atoms with E-state index in [2.05, 4.69) is 9.80 Å². The Morgan fingerprint density at radius 2 is 1.92 bits per heavy atom. The highest BCUT2D eigenvalue weighted by Crippen LogP contribution is 2.37. The van der Waals surface area contributed by atoms with Crippen LogP contribution in [0.3, 0.4) is 0 Å². The smallest absolute Gasteiger partial charge is 0.325 e. The molecule has 2 bridgehead atoms. The van der Waals surface area contributed by atoms with Crippen LogP contribution in [0.25, 0.3) is 0 Å². The molecule has 0 N–H and O–H groups in total. The Bertz CT molecular complexity index is 620. The lowest BCUT2D eigenvalue weighted by Crippen LogP contribution is -2.58. The van der Waals surface area contributed by atoms with Crippen LogP contribution in [0, 0.1) is 5.92 Å². The third-order valence-corrected chi connectivity index (χ3v) is 5.73. The molecular formula is C17H23Cl2N3O2. The van der Waals surface area contributed by atoms with E-state index < -0.39 is 0 Å². The number of piperidine rings is 3. The van der Waals surface area contributed by atoms with Crippen molar-refractivity contribution >= 4 is 35.7 Å². The number of ether oxygens (including phenoxy) is 1. The van der Waals surface area contributed by atoms with Gasteiger partial charge in [-0.1, -0.05) is 11.6 Å². The van der Waals surface area contributed by atoms with Crippen molar-refractivity contribution in [3.63, 3.8) is 0 Å². The van der Waals surface area contributed by atoms with Crippen LogP contribution in [-0.2, 0) is 0 Å². The summed E-state index contributed by atoms with van der Waals surface area (Å²) < 4.78 is 5.41. The summed E-state index contributed by atoms with van der Waals surface area (Å²) >= 11 is 6.12. The molecule has 0 saturated carbocycles. The molecule has 1 atom stereocenters. The van der Waals surface area contributed by atoms with Gasteiger partial charge in [0.15, 0.2) is 0 Å². The molecule has 0 aliphatic carbocycles. The van der Waals surface area contributed by atoms with Gasteiger partial charge in [-0.25, -0.2) is 4.79 Å². The molecule has 7 heteroatoms. The van der Waals surface area contributed by atoms with Gasteiger partial charge in [-0.05, 0) is 50.0 Å². The summed E-state index contributed by atoms with van der Waals surface area (Å²) in [6, 6.07) is 5.87. The zero-order valence-corrected chi connectivity index (χ0v) is 15.4. The van der Waals surface area contributed by atoms with E-state index in [0.717, 1.165) is 18.8 Å². The number of amides is 2. The predicted octanol–water partition coefficient (Wildman–Crippen LogP) is 3.11. The number of fused-ring (bicyclic) bond motifs is 3. The molecule has 1 unspecified atom stereocenters. The number of rotatable bonds is 3. The fourth-order valence-electron chi connectivity index (χ4n) is 4.25. The quantitative estimate of drug-likeness (QED) is 0.818. The number of nitrogens with zero attached hydrogens (tertiary/aromatic N) is 3. The van der Waals surface area contributed by atoms with E-state index in [-0.39, 0.29) is 18.4 Å². The number of anilines is 1. The molecule has 4 heterocycles. The van der Waals surface area contributed by atoms with Crippen molar-refractivity contribution in [3.8, 4) is 5.75 Å². The minimum atomic E-state index is 0. The van der Waals surface area contributed by atoms with E-state index in [9.17, 15) is 4.79 Å². The molecule has 5 nitrogen and oxygen atoms in total. The first-order valence-electron chi connectivity index (χ1n) is 8.31. The first-order chi connectivity index (χ1) is 11.2. The van der Waals surface area contributed by atoms with E-state index in [4.69, 9.17) is 16.3 Å². The highest BCUT2D eigenvalue weighted by molar-refractivity contribution is 6.31. The summed E-state index contributed by atoms with van der Waals surface area (Å²) in [7, 11) is 1.62. The van der Waals surface area contributed by atoms with Crippen LogP contribution in [0.4, 0.5) is 10.5 Å². The Hall–Kier alpha value is -1.17. The van der Waals surface area contributed by atoms with Gasteiger partial charge in [0.1, 0.15) is 5.75 Å². The van der Waals surface area contributed by atoms with Gasteiger partial charge >= 0.3 is 6.03 Å². The molecule has 4 aliphatic heterocycles. The van der Waals surface area contributed by atoms with Crippen LogP contribution in [0.15, 0.2) is 18.2 Å². The normalized spacial score (nSPS) is 28.9. The van der Waals surface area contributed by atoms with E-state index >= 15 is 0 Å². The standard InChI is InChI=1S/C17H22ClN3O2.ClH/c1-23-16-3-2-13(18)10-14(16)20-8-9-21(17(20)22)15-11-19-6-4-12(15)5-7-19;/h2-3,10,12,15H,4-9,11H2,1H3;1H. The monoisotopic (exact) mass is 371 g/mol. The molecule has 4 aliphatic rings. The molecule has 0 aromatic heterocycles. The Labute approximate surface area is 153 Å². The molecule has 1 aromatic rings. The lowest BCUT2D eigenvalue weighted by Gasteiger charge is -2.47. The summed E-state index contributed by atoms with van der Waals surface area (Å²) in [5, 5.41) is 0.620. The van der Waals surface area contributed by atoms with Crippen LogP contribution in [0.2, 0.25) is 5.02 Å². The maximum Gasteiger partial charge on any atom is 0.325 e. The van der Waals surface area contributed by atoms with Crippen LogP contribution < -0.4 is 9.64 Å². The van der Waals surface area contributed by atoms with Crippen LogP contribution in [-0.4, -0.2) is 61.7 Å². The molecule has 1 aromatic carbocycles. The van der Waals surface area contributed by atoms with Gasteiger partial charge in [-0.15, -0.1) is 12.4 Å². The lowest BCUT2D eigenvalue weighted by molar-refractivity contribution is 0.0300. The Kier molecular flexibility index (Phi) is 5.13. The number of methoxy groups -OCH3 is 1. The second-order valence-corrected chi connectivity index (χ2v) is 7.09. The number of hydrogen-bond donors (Lipinski definition) is 0. The summed E-state index contributed by atoms with van der Waals surface area (Å²) in [6.45, 7) is 4.88. The Balaban J connectivity index is 0.00000169. The second-order valence-electron chi connectivity index (χ2n) is 6.65. The number of urea groups is 1. The summed E-state index contributed by atoms with van der Waals surface area (Å²) in [5.41, 5.74) is 0.772.